The first-order chi connectivity index (χ1) is 19.4. The Balaban J connectivity index is 1.26. The average molecular weight is 917 g/mol. The SMILES string of the molecule is O=C(OC1C2CC3C1OC(=O)C3C2C(=O)Oc1ccc(S(=O)(=O)[O-])c(C2CCCCC2)c1)c1cc(I)cc(I)c1I. The van der Waals surface area contributed by atoms with Gasteiger partial charge in [0.05, 0.1) is 22.3 Å². The highest BCUT2D eigenvalue weighted by Crippen LogP contribution is 2.59. The summed E-state index contributed by atoms with van der Waals surface area (Å²) in [5, 5.41) is 0. The molecule has 218 valence electrons. The molecule has 2 aromatic rings. The molecule has 6 unspecified atom stereocenters. The van der Waals surface area contributed by atoms with E-state index in [1.165, 1.54) is 18.2 Å². The van der Waals surface area contributed by atoms with Gasteiger partial charge in [-0.3, -0.25) is 9.59 Å². The fourth-order valence-corrected chi connectivity index (χ4v) is 10.2. The fraction of sp³-hybridized carbons (Fsp3) is 0.464. The van der Waals surface area contributed by atoms with Crippen molar-refractivity contribution in [2.24, 2.45) is 23.7 Å². The highest BCUT2D eigenvalue weighted by Gasteiger charge is 2.70. The number of esters is 3. The van der Waals surface area contributed by atoms with Crippen molar-refractivity contribution in [2.75, 3.05) is 0 Å². The van der Waals surface area contributed by atoms with Crippen LogP contribution in [0.3, 0.4) is 0 Å². The summed E-state index contributed by atoms with van der Waals surface area (Å²) >= 11 is 6.39. The molecule has 4 aliphatic rings. The summed E-state index contributed by atoms with van der Waals surface area (Å²) in [6.07, 6.45) is 3.46. The van der Waals surface area contributed by atoms with Crippen LogP contribution in [0.2, 0.25) is 0 Å². The maximum atomic E-state index is 13.6. The molecule has 1 heterocycles. The molecule has 2 bridgehead atoms. The number of rotatable bonds is 6. The number of hydrogen-bond acceptors (Lipinski definition) is 9. The minimum Gasteiger partial charge on any atom is -0.744 e. The molecule has 2 aromatic carbocycles. The van der Waals surface area contributed by atoms with Gasteiger partial charge in [-0.2, -0.15) is 0 Å². The van der Waals surface area contributed by atoms with Gasteiger partial charge in [0.2, 0.25) is 0 Å². The van der Waals surface area contributed by atoms with Gasteiger partial charge in [-0.25, -0.2) is 13.2 Å². The van der Waals surface area contributed by atoms with Crippen LogP contribution in [-0.4, -0.2) is 43.1 Å². The van der Waals surface area contributed by atoms with Crippen LogP contribution in [0, 0.1) is 34.4 Å². The standard InChI is InChI=1S/C28H25I3O9S/c29-13-8-18(23(31)19(30)9-13)26(32)39-24-16-11-17-22(28(34)40-25(17)24)21(16)27(33)38-14-6-7-20(41(35,36)37)15(10-14)12-4-2-1-3-5-12/h6-10,12,16-17,21-22,24-25H,1-5,11H2,(H,35,36,37)/p-1. The second-order valence-electron chi connectivity index (χ2n) is 11.0. The van der Waals surface area contributed by atoms with Gasteiger partial charge in [-0.1, -0.05) is 19.3 Å². The lowest BCUT2D eigenvalue weighted by atomic mass is 9.78. The Hall–Kier alpha value is -1.05. The molecular weight excluding hydrogens is 893 g/mol. The summed E-state index contributed by atoms with van der Waals surface area (Å²) in [5.41, 5.74) is 0.778. The molecule has 1 aliphatic heterocycles. The van der Waals surface area contributed by atoms with Crippen molar-refractivity contribution in [3.05, 3.63) is 52.2 Å². The Morgan fingerprint density at radius 1 is 1.00 bits per heavy atom. The Morgan fingerprint density at radius 2 is 1.73 bits per heavy atom. The molecule has 4 fully saturated rings. The molecule has 0 N–H and O–H groups in total. The summed E-state index contributed by atoms with van der Waals surface area (Å²) in [7, 11) is -4.72. The maximum Gasteiger partial charge on any atom is 0.339 e. The third-order valence-electron chi connectivity index (χ3n) is 8.79. The highest BCUT2D eigenvalue weighted by molar-refractivity contribution is 14.1. The highest BCUT2D eigenvalue weighted by atomic mass is 127. The molecule has 9 nitrogen and oxygen atoms in total. The van der Waals surface area contributed by atoms with Gasteiger partial charge in [-0.05, 0) is 129 Å². The topological polar surface area (TPSA) is 136 Å². The Bertz CT molecular complexity index is 1550. The minimum atomic E-state index is -4.72. The van der Waals surface area contributed by atoms with Gasteiger partial charge in [0.25, 0.3) is 0 Å². The van der Waals surface area contributed by atoms with Gasteiger partial charge in [0.1, 0.15) is 28.1 Å². The van der Waals surface area contributed by atoms with E-state index >= 15 is 0 Å². The van der Waals surface area contributed by atoms with Crippen molar-refractivity contribution in [2.45, 2.75) is 61.5 Å². The number of fused-ring (bicyclic) bond motifs is 1. The third kappa shape index (κ3) is 5.54. The predicted octanol–water partition coefficient (Wildman–Crippen LogP) is 5.39. The molecule has 41 heavy (non-hydrogen) atoms. The maximum absolute atomic E-state index is 13.6. The fourth-order valence-electron chi connectivity index (χ4n) is 7.09. The van der Waals surface area contributed by atoms with Gasteiger partial charge >= 0.3 is 17.9 Å². The molecule has 0 amide bonds. The summed E-state index contributed by atoms with van der Waals surface area (Å²) < 4.78 is 55.8. The summed E-state index contributed by atoms with van der Waals surface area (Å²) in [5.74, 6) is -3.99. The zero-order valence-electron chi connectivity index (χ0n) is 21.4. The van der Waals surface area contributed by atoms with E-state index in [2.05, 4.69) is 67.8 Å². The minimum absolute atomic E-state index is 0.116. The second kappa shape index (κ2) is 11.5. The van der Waals surface area contributed by atoms with Crippen LogP contribution >= 0.6 is 67.8 Å². The molecule has 13 heteroatoms. The van der Waals surface area contributed by atoms with Crippen molar-refractivity contribution in [1.82, 2.24) is 0 Å². The molecule has 3 saturated carbocycles. The molecular formula is C28H24I3O9S-. The van der Waals surface area contributed by atoms with E-state index in [1.807, 2.05) is 6.07 Å². The van der Waals surface area contributed by atoms with Gasteiger partial charge < -0.3 is 18.8 Å². The van der Waals surface area contributed by atoms with Crippen molar-refractivity contribution in [3.8, 4) is 5.75 Å². The van der Waals surface area contributed by atoms with Gasteiger partial charge in [0.15, 0.2) is 0 Å². The average Bonchev–Trinajstić information content (AvgIpc) is 3.54. The van der Waals surface area contributed by atoms with E-state index in [0.29, 0.717) is 17.5 Å². The first-order valence-corrected chi connectivity index (χ1v) is 18.0. The molecule has 0 radical (unpaired) electrons. The van der Waals surface area contributed by atoms with Crippen LogP contribution in [0.15, 0.2) is 35.2 Å². The van der Waals surface area contributed by atoms with Crippen molar-refractivity contribution in [1.29, 1.82) is 0 Å². The monoisotopic (exact) mass is 917 g/mol. The van der Waals surface area contributed by atoms with Crippen LogP contribution in [0.4, 0.5) is 0 Å². The largest absolute Gasteiger partial charge is 0.744 e. The number of benzene rings is 2. The number of carbonyl (C=O) groups excluding carboxylic acids is 3. The molecule has 6 atom stereocenters. The van der Waals surface area contributed by atoms with Crippen LogP contribution in [0.25, 0.3) is 0 Å². The van der Waals surface area contributed by atoms with Crippen molar-refractivity contribution < 1.29 is 41.6 Å². The number of ether oxygens (including phenoxy) is 3. The van der Waals surface area contributed by atoms with Gasteiger partial charge in [0, 0.05) is 22.5 Å². The first-order valence-electron chi connectivity index (χ1n) is 13.3. The second-order valence-corrected chi connectivity index (χ2v) is 15.9. The molecule has 0 aromatic heterocycles. The lowest BCUT2D eigenvalue weighted by Crippen LogP contribution is -2.44. The van der Waals surface area contributed by atoms with Crippen LogP contribution in [0.5, 0.6) is 5.75 Å². The lowest BCUT2D eigenvalue weighted by Gasteiger charge is -2.30. The van der Waals surface area contributed by atoms with E-state index in [4.69, 9.17) is 14.2 Å². The smallest absolute Gasteiger partial charge is 0.339 e. The summed E-state index contributed by atoms with van der Waals surface area (Å²) in [4.78, 5) is 39.4. The quantitative estimate of drug-likeness (QED) is 0.123. The van der Waals surface area contributed by atoms with Crippen LogP contribution in [-0.2, 0) is 29.2 Å². The number of carbonyl (C=O) groups is 3. The predicted molar refractivity (Wildman–Crippen MR) is 168 cm³/mol. The van der Waals surface area contributed by atoms with E-state index < -0.39 is 58.0 Å². The zero-order valence-corrected chi connectivity index (χ0v) is 28.7. The van der Waals surface area contributed by atoms with Crippen molar-refractivity contribution in [3.63, 3.8) is 0 Å². The van der Waals surface area contributed by atoms with Crippen LogP contribution in [0.1, 0.15) is 60.4 Å². The zero-order chi connectivity index (χ0) is 29.2. The summed E-state index contributed by atoms with van der Waals surface area (Å²) in [6.45, 7) is 0. The molecule has 3 aliphatic carbocycles. The Kier molecular flexibility index (Phi) is 8.39. The van der Waals surface area contributed by atoms with Gasteiger partial charge in [-0.15, -0.1) is 0 Å². The third-order valence-corrected chi connectivity index (χ3v) is 13.4. The van der Waals surface area contributed by atoms with Crippen molar-refractivity contribution >= 4 is 95.8 Å². The first kappa shape index (κ1) is 30.0. The molecule has 0 spiro atoms. The number of hydrogen-bond donors (Lipinski definition) is 0. The molecule has 1 saturated heterocycles. The van der Waals surface area contributed by atoms with E-state index in [1.54, 1.807) is 6.07 Å². The van der Waals surface area contributed by atoms with Crippen LogP contribution < -0.4 is 4.74 Å². The Morgan fingerprint density at radius 3 is 2.44 bits per heavy atom. The normalized spacial score (nSPS) is 28.9. The summed E-state index contributed by atoms with van der Waals surface area (Å²) in [6, 6.07) is 7.66. The lowest BCUT2D eigenvalue weighted by molar-refractivity contribution is -0.149. The van der Waals surface area contributed by atoms with E-state index in [0.717, 1.165) is 42.8 Å². The van der Waals surface area contributed by atoms with E-state index in [9.17, 15) is 27.4 Å². The number of halogens is 3. The Labute approximate surface area is 278 Å². The molecule has 6 rings (SSSR count). The van der Waals surface area contributed by atoms with E-state index in [-0.39, 0.29) is 22.5 Å².